The summed E-state index contributed by atoms with van der Waals surface area (Å²) in [5, 5.41) is 9.09. The maximum Gasteiger partial charge on any atom is 0.335 e. The first-order valence-electron chi connectivity index (χ1n) is 11.2. The van der Waals surface area contributed by atoms with Crippen LogP contribution in [0.25, 0.3) is 0 Å². The second-order valence-corrected chi connectivity index (χ2v) is 9.58. The summed E-state index contributed by atoms with van der Waals surface area (Å²) in [5.74, 6) is 0.775. The standard InChI is InChI=1S/C27H29BrN2O3/c1-29(17-20-6-12-25(13-7-20)33-26-14-10-23(28)11-15-26)19-24-3-2-16-30(24)18-21-4-8-22(9-5-21)27(31)32/h4-15,24H,2-3,16-19H2,1H3,(H,31,32). The molecule has 1 unspecified atom stereocenters. The number of nitrogens with zero attached hydrogens (tertiary/aromatic N) is 2. The monoisotopic (exact) mass is 508 g/mol. The van der Waals surface area contributed by atoms with Crippen LogP contribution in [0.3, 0.4) is 0 Å². The zero-order valence-electron chi connectivity index (χ0n) is 18.8. The summed E-state index contributed by atoms with van der Waals surface area (Å²) in [6.45, 7) is 3.84. The Kier molecular flexibility index (Phi) is 7.81. The van der Waals surface area contributed by atoms with E-state index in [1.807, 2.05) is 48.5 Å². The number of likely N-dealkylation sites (N-methyl/N-ethyl adjacent to an activating group) is 1. The van der Waals surface area contributed by atoms with Crippen LogP contribution in [0.5, 0.6) is 11.5 Å². The first-order chi connectivity index (χ1) is 16.0. The molecule has 1 atom stereocenters. The van der Waals surface area contributed by atoms with E-state index >= 15 is 0 Å². The molecule has 0 aliphatic carbocycles. The van der Waals surface area contributed by atoms with Crippen LogP contribution < -0.4 is 4.74 Å². The third kappa shape index (κ3) is 6.67. The van der Waals surface area contributed by atoms with E-state index in [1.54, 1.807) is 12.1 Å². The van der Waals surface area contributed by atoms with Gasteiger partial charge in [0, 0.05) is 30.1 Å². The van der Waals surface area contributed by atoms with Crippen LogP contribution in [0.15, 0.2) is 77.3 Å². The lowest BCUT2D eigenvalue weighted by Gasteiger charge is -2.29. The Morgan fingerprint density at radius 3 is 2.24 bits per heavy atom. The molecule has 1 fully saturated rings. The summed E-state index contributed by atoms with van der Waals surface area (Å²) in [6.07, 6.45) is 2.39. The fourth-order valence-electron chi connectivity index (χ4n) is 4.33. The van der Waals surface area contributed by atoms with Crippen molar-refractivity contribution in [2.24, 2.45) is 0 Å². The van der Waals surface area contributed by atoms with E-state index < -0.39 is 5.97 Å². The number of benzene rings is 3. The van der Waals surface area contributed by atoms with Gasteiger partial charge in [-0.25, -0.2) is 4.79 Å². The fourth-order valence-corrected chi connectivity index (χ4v) is 4.60. The molecule has 1 N–H and O–H groups in total. The highest BCUT2D eigenvalue weighted by atomic mass is 79.9. The van der Waals surface area contributed by atoms with Crippen LogP contribution in [0.1, 0.15) is 34.3 Å². The van der Waals surface area contributed by atoms with E-state index in [4.69, 9.17) is 9.84 Å². The van der Waals surface area contributed by atoms with Crippen molar-refractivity contribution >= 4 is 21.9 Å². The largest absolute Gasteiger partial charge is 0.478 e. The van der Waals surface area contributed by atoms with Crippen molar-refractivity contribution in [3.8, 4) is 11.5 Å². The van der Waals surface area contributed by atoms with Crippen LogP contribution >= 0.6 is 15.9 Å². The number of carboxylic acids is 1. The van der Waals surface area contributed by atoms with Crippen molar-refractivity contribution in [3.63, 3.8) is 0 Å². The fraction of sp³-hybridized carbons (Fsp3) is 0.296. The van der Waals surface area contributed by atoms with Crippen LogP contribution in [-0.2, 0) is 13.1 Å². The van der Waals surface area contributed by atoms with E-state index in [0.717, 1.165) is 47.7 Å². The van der Waals surface area contributed by atoms with Gasteiger partial charge in [0.1, 0.15) is 11.5 Å². The molecule has 1 aliphatic rings. The Morgan fingerprint density at radius 1 is 1.00 bits per heavy atom. The summed E-state index contributed by atoms with van der Waals surface area (Å²) < 4.78 is 6.95. The quantitative estimate of drug-likeness (QED) is 0.382. The molecular formula is C27H29BrN2O3. The number of rotatable bonds is 9. The third-order valence-electron chi connectivity index (χ3n) is 6.03. The van der Waals surface area contributed by atoms with Gasteiger partial charge in [-0.3, -0.25) is 4.90 Å². The number of aromatic carboxylic acids is 1. The molecule has 3 aromatic carbocycles. The number of hydrogen-bond donors (Lipinski definition) is 1. The number of ether oxygens (including phenoxy) is 1. The van der Waals surface area contributed by atoms with Crippen molar-refractivity contribution in [2.45, 2.75) is 32.0 Å². The summed E-state index contributed by atoms with van der Waals surface area (Å²) >= 11 is 3.44. The molecule has 1 heterocycles. The summed E-state index contributed by atoms with van der Waals surface area (Å²) in [4.78, 5) is 16.0. The highest BCUT2D eigenvalue weighted by Crippen LogP contribution is 2.25. The Labute approximate surface area is 203 Å². The second-order valence-electron chi connectivity index (χ2n) is 8.67. The lowest BCUT2D eigenvalue weighted by atomic mass is 10.1. The van der Waals surface area contributed by atoms with E-state index in [1.165, 1.54) is 18.4 Å². The molecule has 6 heteroatoms. The van der Waals surface area contributed by atoms with E-state index in [0.29, 0.717) is 11.6 Å². The average Bonchev–Trinajstić information content (AvgIpc) is 3.23. The first kappa shape index (κ1) is 23.5. The Hall–Kier alpha value is -2.67. The van der Waals surface area contributed by atoms with Gasteiger partial charge in [0.25, 0.3) is 0 Å². The zero-order valence-corrected chi connectivity index (χ0v) is 20.4. The maximum atomic E-state index is 11.1. The molecule has 1 aliphatic heterocycles. The summed E-state index contributed by atoms with van der Waals surface area (Å²) in [5.41, 5.74) is 2.76. The molecule has 33 heavy (non-hydrogen) atoms. The van der Waals surface area contributed by atoms with Crippen LogP contribution in [0, 0.1) is 0 Å². The summed E-state index contributed by atoms with van der Waals surface area (Å²) in [6, 6.07) is 23.9. The number of hydrogen-bond acceptors (Lipinski definition) is 4. The predicted octanol–water partition coefficient (Wildman–Crippen LogP) is 6.04. The number of carboxylic acid groups (broad SMARTS) is 1. The molecule has 0 aromatic heterocycles. The molecule has 172 valence electrons. The SMILES string of the molecule is CN(Cc1ccc(Oc2ccc(Br)cc2)cc1)CC1CCCN1Cc1ccc(C(=O)O)cc1. The molecule has 1 saturated heterocycles. The van der Waals surface area contributed by atoms with Crippen LogP contribution in [0.4, 0.5) is 0 Å². The minimum atomic E-state index is -0.880. The van der Waals surface area contributed by atoms with Gasteiger partial charge in [0.15, 0.2) is 0 Å². The van der Waals surface area contributed by atoms with E-state index in [9.17, 15) is 4.79 Å². The molecule has 3 aromatic rings. The maximum absolute atomic E-state index is 11.1. The number of carbonyl (C=O) groups is 1. The minimum absolute atomic E-state index is 0.338. The van der Waals surface area contributed by atoms with Crippen LogP contribution in [0.2, 0.25) is 0 Å². The Balaban J connectivity index is 1.28. The Morgan fingerprint density at radius 2 is 1.61 bits per heavy atom. The third-order valence-corrected chi connectivity index (χ3v) is 6.56. The normalized spacial score (nSPS) is 16.3. The lowest BCUT2D eigenvalue weighted by Crippen LogP contribution is -2.38. The van der Waals surface area contributed by atoms with Crippen molar-refractivity contribution < 1.29 is 14.6 Å². The van der Waals surface area contributed by atoms with Crippen molar-refractivity contribution in [2.75, 3.05) is 20.1 Å². The highest BCUT2D eigenvalue weighted by Gasteiger charge is 2.25. The van der Waals surface area contributed by atoms with Crippen LogP contribution in [-0.4, -0.2) is 47.1 Å². The smallest absolute Gasteiger partial charge is 0.335 e. The van der Waals surface area contributed by atoms with Crippen molar-refractivity contribution in [3.05, 3.63) is 94.0 Å². The summed E-state index contributed by atoms with van der Waals surface area (Å²) in [7, 11) is 2.17. The van der Waals surface area contributed by atoms with Gasteiger partial charge in [0.2, 0.25) is 0 Å². The predicted molar refractivity (Wildman–Crippen MR) is 134 cm³/mol. The topological polar surface area (TPSA) is 53.0 Å². The molecule has 0 spiro atoms. The van der Waals surface area contributed by atoms with E-state index in [2.05, 4.69) is 44.9 Å². The average molecular weight is 509 g/mol. The Bertz CT molecular complexity index is 1050. The zero-order chi connectivity index (χ0) is 23.2. The second kappa shape index (κ2) is 11.0. The minimum Gasteiger partial charge on any atom is -0.478 e. The van der Waals surface area contributed by atoms with Gasteiger partial charge in [0.05, 0.1) is 5.56 Å². The molecule has 0 amide bonds. The van der Waals surface area contributed by atoms with Gasteiger partial charge in [-0.1, -0.05) is 40.2 Å². The van der Waals surface area contributed by atoms with Gasteiger partial charge in [-0.15, -0.1) is 0 Å². The number of halogens is 1. The molecule has 0 bridgehead atoms. The molecule has 0 saturated carbocycles. The molecule has 5 nitrogen and oxygen atoms in total. The first-order valence-corrected chi connectivity index (χ1v) is 12.0. The van der Waals surface area contributed by atoms with Gasteiger partial charge in [-0.05, 0) is 86.1 Å². The van der Waals surface area contributed by atoms with Gasteiger partial charge in [-0.2, -0.15) is 0 Å². The lowest BCUT2D eigenvalue weighted by molar-refractivity contribution is 0.0697. The molecule has 0 radical (unpaired) electrons. The van der Waals surface area contributed by atoms with Crippen molar-refractivity contribution in [1.29, 1.82) is 0 Å². The molecular weight excluding hydrogens is 480 g/mol. The number of likely N-dealkylation sites (tertiary alicyclic amines) is 1. The van der Waals surface area contributed by atoms with Gasteiger partial charge < -0.3 is 14.7 Å². The van der Waals surface area contributed by atoms with E-state index in [-0.39, 0.29) is 0 Å². The highest BCUT2D eigenvalue weighted by molar-refractivity contribution is 9.10. The van der Waals surface area contributed by atoms with Gasteiger partial charge >= 0.3 is 5.97 Å². The molecule has 4 rings (SSSR count). The van der Waals surface area contributed by atoms with Crippen molar-refractivity contribution in [1.82, 2.24) is 9.80 Å².